The van der Waals surface area contributed by atoms with E-state index in [4.69, 9.17) is 9.84 Å². The van der Waals surface area contributed by atoms with E-state index in [1.165, 1.54) is 4.68 Å². The maximum atomic E-state index is 11.9. The highest BCUT2D eigenvalue weighted by Crippen LogP contribution is 2.17. The summed E-state index contributed by atoms with van der Waals surface area (Å²) in [6.45, 7) is 4.84. The Morgan fingerprint density at radius 2 is 2.29 bits per heavy atom. The standard InChI is InChI=1S/C13H20N4O4/c1-8(2)12-11(13(19)20)15-16-17(12)7-10(18)14-6-9-4-3-5-21-9/h8-9H,3-7H2,1-2H3,(H,14,18)(H,19,20). The van der Waals surface area contributed by atoms with E-state index in [2.05, 4.69) is 15.6 Å². The molecule has 0 aliphatic carbocycles. The predicted molar refractivity (Wildman–Crippen MR) is 73.1 cm³/mol. The van der Waals surface area contributed by atoms with Crippen LogP contribution in [0, 0.1) is 0 Å². The Balaban J connectivity index is 1.98. The van der Waals surface area contributed by atoms with Crippen LogP contribution >= 0.6 is 0 Å². The van der Waals surface area contributed by atoms with Crippen LogP contribution in [0.3, 0.4) is 0 Å². The van der Waals surface area contributed by atoms with Crippen molar-refractivity contribution in [3.05, 3.63) is 11.4 Å². The van der Waals surface area contributed by atoms with Gasteiger partial charge in [0.15, 0.2) is 5.69 Å². The van der Waals surface area contributed by atoms with Gasteiger partial charge < -0.3 is 15.2 Å². The number of amides is 1. The van der Waals surface area contributed by atoms with Gasteiger partial charge in [0, 0.05) is 13.2 Å². The van der Waals surface area contributed by atoms with Crippen molar-refractivity contribution in [1.29, 1.82) is 0 Å². The third-order valence-electron chi connectivity index (χ3n) is 3.37. The Labute approximate surface area is 122 Å². The summed E-state index contributed by atoms with van der Waals surface area (Å²) in [5.74, 6) is -1.45. The van der Waals surface area contributed by atoms with Crippen LogP contribution in [0.4, 0.5) is 0 Å². The van der Waals surface area contributed by atoms with Crippen LogP contribution in [0.2, 0.25) is 0 Å². The highest BCUT2D eigenvalue weighted by Gasteiger charge is 2.23. The third-order valence-corrected chi connectivity index (χ3v) is 3.37. The summed E-state index contributed by atoms with van der Waals surface area (Å²) in [7, 11) is 0. The van der Waals surface area contributed by atoms with Gasteiger partial charge >= 0.3 is 5.97 Å². The van der Waals surface area contributed by atoms with Gasteiger partial charge in [0.2, 0.25) is 5.91 Å². The number of carboxylic acids is 1. The average molecular weight is 296 g/mol. The number of aromatic carboxylic acids is 1. The summed E-state index contributed by atoms with van der Waals surface area (Å²) in [6, 6.07) is 0. The first kappa shape index (κ1) is 15.4. The van der Waals surface area contributed by atoms with E-state index in [1.54, 1.807) is 0 Å². The van der Waals surface area contributed by atoms with Crippen molar-refractivity contribution in [3.8, 4) is 0 Å². The molecule has 2 N–H and O–H groups in total. The molecule has 1 unspecified atom stereocenters. The molecular weight excluding hydrogens is 276 g/mol. The minimum atomic E-state index is -1.13. The van der Waals surface area contributed by atoms with E-state index in [0.29, 0.717) is 12.2 Å². The van der Waals surface area contributed by atoms with E-state index >= 15 is 0 Å². The molecule has 1 amide bonds. The normalized spacial score (nSPS) is 18.1. The van der Waals surface area contributed by atoms with Crippen molar-refractivity contribution in [3.63, 3.8) is 0 Å². The zero-order chi connectivity index (χ0) is 15.4. The minimum Gasteiger partial charge on any atom is -0.476 e. The molecule has 2 rings (SSSR count). The molecule has 1 aromatic rings. The van der Waals surface area contributed by atoms with Crippen LogP contribution in [-0.4, -0.2) is 51.2 Å². The van der Waals surface area contributed by atoms with Gasteiger partial charge in [0.25, 0.3) is 0 Å². The lowest BCUT2D eigenvalue weighted by Crippen LogP contribution is -2.34. The molecule has 1 aliphatic rings. The van der Waals surface area contributed by atoms with E-state index in [9.17, 15) is 9.59 Å². The molecule has 1 aliphatic heterocycles. The highest BCUT2D eigenvalue weighted by atomic mass is 16.5. The van der Waals surface area contributed by atoms with Gasteiger partial charge in [-0.15, -0.1) is 5.10 Å². The van der Waals surface area contributed by atoms with Gasteiger partial charge in [-0.1, -0.05) is 19.1 Å². The Bertz CT molecular complexity index is 520. The molecule has 8 nitrogen and oxygen atoms in total. The second-order valence-electron chi connectivity index (χ2n) is 5.38. The molecule has 2 heterocycles. The number of carbonyl (C=O) groups is 2. The first-order valence-electron chi connectivity index (χ1n) is 7.04. The fraction of sp³-hybridized carbons (Fsp3) is 0.692. The SMILES string of the molecule is CC(C)c1c(C(=O)O)nnn1CC(=O)NCC1CCCO1. The van der Waals surface area contributed by atoms with Crippen LogP contribution in [0.25, 0.3) is 0 Å². The summed E-state index contributed by atoms with van der Waals surface area (Å²) in [5, 5.41) is 19.3. The Kier molecular flexibility index (Phi) is 4.89. The lowest BCUT2D eigenvalue weighted by atomic mass is 10.1. The molecule has 1 aromatic heterocycles. The maximum absolute atomic E-state index is 11.9. The number of ether oxygens (including phenoxy) is 1. The van der Waals surface area contributed by atoms with Gasteiger partial charge in [-0.3, -0.25) is 4.79 Å². The Morgan fingerprint density at radius 3 is 2.86 bits per heavy atom. The van der Waals surface area contributed by atoms with Crippen LogP contribution < -0.4 is 5.32 Å². The van der Waals surface area contributed by atoms with Crippen LogP contribution in [-0.2, 0) is 16.1 Å². The van der Waals surface area contributed by atoms with Crippen molar-refractivity contribution in [1.82, 2.24) is 20.3 Å². The summed E-state index contributed by atoms with van der Waals surface area (Å²) >= 11 is 0. The van der Waals surface area contributed by atoms with Crippen molar-refractivity contribution in [2.45, 2.75) is 45.3 Å². The Morgan fingerprint density at radius 1 is 1.52 bits per heavy atom. The first-order chi connectivity index (χ1) is 9.99. The molecule has 21 heavy (non-hydrogen) atoms. The fourth-order valence-electron chi connectivity index (χ4n) is 2.39. The number of carboxylic acid groups (broad SMARTS) is 1. The lowest BCUT2D eigenvalue weighted by Gasteiger charge is -2.12. The summed E-state index contributed by atoms with van der Waals surface area (Å²) in [6.07, 6.45) is 2.04. The van der Waals surface area contributed by atoms with E-state index in [0.717, 1.165) is 19.4 Å². The highest BCUT2D eigenvalue weighted by molar-refractivity contribution is 5.86. The van der Waals surface area contributed by atoms with Crippen molar-refractivity contribution < 1.29 is 19.4 Å². The molecule has 0 spiro atoms. The van der Waals surface area contributed by atoms with Crippen molar-refractivity contribution in [2.75, 3.05) is 13.2 Å². The number of hydrogen-bond acceptors (Lipinski definition) is 5. The second-order valence-corrected chi connectivity index (χ2v) is 5.38. The van der Waals surface area contributed by atoms with Crippen molar-refractivity contribution in [2.24, 2.45) is 0 Å². The summed E-state index contributed by atoms with van der Waals surface area (Å²) < 4.78 is 6.77. The molecular formula is C13H20N4O4. The van der Waals surface area contributed by atoms with Gasteiger partial charge in [-0.05, 0) is 18.8 Å². The second kappa shape index (κ2) is 6.66. The predicted octanol–water partition coefficient (Wildman–Crippen LogP) is 0.395. The summed E-state index contributed by atoms with van der Waals surface area (Å²) in [5.41, 5.74) is 0.353. The number of nitrogens with zero attached hydrogens (tertiary/aromatic N) is 3. The molecule has 1 fully saturated rings. The average Bonchev–Trinajstić information content (AvgIpc) is 3.04. The van der Waals surface area contributed by atoms with Gasteiger partial charge in [0.1, 0.15) is 6.54 Å². The minimum absolute atomic E-state index is 0.0412. The van der Waals surface area contributed by atoms with Gasteiger partial charge in [0.05, 0.1) is 11.8 Å². The molecule has 1 atom stereocenters. The third kappa shape index (κ3) is 3.78. The zero-order valence-electron chi connectivity index (χ0n) is 12.2. The van der Waals surface area contributed by atoms with Gasteiger partial charge in [-0.25, -0.2) is 9.48 Å². The topological polar surface area (TPSA) is 106 Å². The van der Waals surface area contributed by atoms with Gasteiger partial charge in [-0.2, -0.15) is 0 Å². The number of rotatable bonds is 6. The molecule has 0 bridgehead atoms. The molecule has 8 heteroatoms. The maximum Gasteiger partial charge on any atom is 0.358 e. The van der Waals surface area contributed by atoms with Crippen LogP contribution in [0.5, 0.6) is 0 Å². The van der Waals surface area contributed by atoms with Crippen molar-refractivity contribution >= 4 is 11.9 Å². The summed E-state index contributed by atoms with van der Waals surface area (Å²) in [4.78, 5) is 23.0. The number of carbonyl (C=O) groups excluding carboxylic acids is 1. The quantitative estimate of drug-likeness (QED) is 0.786. The number of hydrogen-bond donors (Lipinski definition) is 2. The largest absolute Gasteiger partial charge is 0.476 e. The monoisotopic (exact) mass is 296 g/mol. The molecule has 116 valence electrons. The van der Waals surface area contributed by atoms with E-state index in [1.807, 2.05) is 13.8 Å². The lowest BCUT2D eigenvalue weighted by molar-refractivity contribution is -0.122. The number of nitrogens with one attached hydrogen (secondary N) is 1. The molecule has 0 aromatic carbocycles. The van der Waals surface area contributed by atoms with Crippen LogP contribution in [0.15, 0.2) is 0 Å². The molecule has 0 saturated carbocycles. The zero-order valence-corrected chi connectivity index (χ0v) is 12.2. The van der Waals surface area contributed by atoms with E-state index in [-0.39, 0.29) is 30.2 Å². The molecule has 1 saturated heterocycles. The van der Waals surface area contributed by atoms with E-state index < -0.39 is 5.97 Å². The first-order valence-corrected chi connectivity index (χ1v) is 7.04. The Hall–Kier alpha value is -1.96. The fourth-order valence-corrected chi connectivity index (χ4v) is 2.39. The smallest absolute Gasteiger partial charge is 0.358 e. The number of aromatic nitrogens is 3. The van der Waals surface area contributed by atoms with Crippen LogP contribution in [0.1, 0.15) is 48.8 Å². The molecule has 0 radical (unpaired) electrons.